The molecule has 0 unspecified atom stereocenters. The van der Waals surface area contributed by atoms with Gasteiger partial charge in [-0.3, -0.25) is 0 Å². The van der Waals surface area contributed by atoms with Gasteiger partial charge in [-0.05, 0) is 19.1 Å². The van der Waals surface area contributed by atoms with E-state index in [1.165, 1.54) is 6.07 Å². The summed E-state index contributed by atoms with van der Waals surface area (Å²) < 4.78 is 24.3. The Hall–Kier alpha value is -2.14. The molecule has 20 heavy (non-hydrogen) atoms. The van der Waals surface area contributed by atoms with Gasteiger partial charge < -0.3 is 15.2 Å². The summed E-state index contributed by atoms with van der Waals surface area (Å²) in [6.45, 7) is 1.98. The first kappa shape index (κ1) is 14.3. The highest BCUT2D eigenvalue weighted by Crippen LogP contribution is 2.21. The minimum atomic E-state index is -0.365. The van der Waals surface area contributed by atoms with Crippen LogP contribution in [0.3, 0.4) is 0 Å². The van der Waals surface area contributed by atoms with E-state index in [4.69, 9.17) is 15.2 Å². The number of hydrogen-bond donors (Lipinski definition) is 1. The highest BCUT2D eigenvalue weighted by molar-refractivity contribution is 5.30. The second-order valence-corrected chi connectivity index (χ2v) is 4.43. The predicted octanol–water partition coefficient (Wildman–Crippen LogP) is 2.83. The molecule has 2 aromatic rings. The van der Waals surface area contributed by atoms with E-state index in [2.05, 4.69) is 4.98 Å². The molecule has 106 valence electrons. The Kier molecular flexibility index (Phi) is 4.53. The van der Waals surface area contributed by atoms with Crippen LogP contribution >= 0.6 is 0 Å². The van der Waals surface area contributed by atoms with Gasteiger partial charge in [0.15, 0.2) is 0 Å². The molecule has 1 aromatic heterocycles. The van der Waals surface area contributed by atoms with Crippen molar-refractivity contribution in [1.29, 1.82) is 0 Å². The van der Waals surface area contributed by atoms with Crippen LogP contribution in [0.25, 0.3) is 0 Å². The van der Waals surface area contributed by atoms with Crippen molar-refractivity contribution in [2.45, 2.75) is 19.6 Å². The molecule has 0 amide bonds. The Labute approximate surface area is 117 Å². The molecular weight excluding hydrogens is 259 g/mol. The third kappa shape index (κ3) is 3.45. The van der Waals surface area contributed by atoms with Crippen LogP contribution in [0.1, 0.15) is 24.2 Å². The van der Waals surface area contributed by atoms with Crippen LogP contribution in [0.5, 0.6) is 11.6 Å². The van der Waals surface area contributed by atoms with Crippen LogP contribution in [0.4, 0.5) is 4.39 Å². The van der Waals surface area contributed by atoms with Crippen molar-refractivity contribution in [3.63, 3.8) is 0 Å². The van der Waals surface area contributed by atoms with Gasteiger partial charge in [0.25, 0.3) is 0 Å². The first-order valence-corrected chi connectivity index (χ1v) is 6.28. The Balaban J connectivity index is 2.05. The highest BCUT2D eigenvalue weighted by atomic mass is 19.1. The summed E-state index contributed by atoms with van der Waals surface area (Å²) in [5.41, 5.74) is 6.84. The van der Waals surface area contributed by atoms with Gasteiger partial charge in [-0.1, -0.05) is 12.1 Å². The molecule has 1 atom stereocenters. The van der Waals surface area contributed by atoms with Crippen LogP contribution in [0.2, 0.25) is 0 Å². The maximum atomic E-state index is 13.7. The predicted molar refractivity (Wildman–Crippen MR) is 74.1 cm³/mol. The Morgan fingerprint density at radius 1 is 1.30 bits per heavy atom. The molecule has 0 saturated heterocycles. The average Bonchev–Trinajstić information content (AvgIpc) is 2.45. The summed E-state index contributed by atoms with van der Waals surface area (Å²) in [4.78, 5) is 4.21. The summed E-state index contributed by atoms with van der Waals surface area (Å²) >= 11 is 0. The SMILES string of the molecule is COc1cccc(COc2ccc([C@@H](C)N)c(F)c2)n1. The lowest BCUT2D eigenvalue weighted by Crippen LogP contribution is -2.07. The Morgan fingerprint density at radius 2 is 2.10 bits per heavy atom. The van der Waals surface area contributed by atoms with E-state index in [1.807, 2.05) is 12.1 Å². The molecule has 4 nitrogen and oxygen atoms in total. The maximum Gasteiger partial charge on any atom is 0.213 e. The minimum Gasteiger partial charge on any atom is -0.487 e. The summed E-state index contributed by atoms with van der Waals surface area (Å²) in [5.74, 6) is 0.595. The Morgan fingerprint density at radius 3 is 2.75 bits per heavy atom. The number of nitrogens with two attached hydrogens (primary N) is 1. The molecule has 2 rings (SSSR count). The van der Waals surface area contributed by atoms with E-state index < -0.39 is 0 Å². The van der Waals surface area contributed by atoms with E-state index in [0.29, 0.717) is 22.9 Å². The molecule has 0 radical (unpaired) electrons. The zero-order valence-electron chi connectivity index (χ0n) is 11.5. The largest absolute Gasteiger partial charge is 0.487 e. The molecule has 5 heteroatoms. The van der Waals surface area contributed by atoms with E-state index in [1.54, 1.807) is 32.2 Å². The van der Waals surface area contributed by atoms with Crippen molar-refractivity contribution < 1.29 is 13.9 Å². The number of methoxy groups -OCH3 is 1. The lowest BCUT2D eigenvalue weighted by Gasteiger charge is -2.10. The number of aromatic nitrogens is 1. The monoisotopic (exact) mass is 276 g/mol. The minimum absolute atomic E-state index is 0.244. The second-order valence-electron chi connectivity index (χ2n) is 4.43. The van der Waals surface area contributed by atoms with Gasteiger partial charge in [0.05, 0.1) is 12.8 Å². The van der Waals surface area contributed by atoms with E-state index in [9.17, 15) is 4.39 Å². The topological polar surface area (TPSA) is 57.4 Å². The van der Waals surface area contributed by atoms with Crippen molar-refractivity contribution >= 4 is 0 Å². The molecule has 0 aliphatic carbocycles. The summed E-state index contributed by atoms with van der Waals surface area (Å²) in [5, 5.41) is 0. The molecule has 0 fully saturated rings. The zero-order chi connectivity index (χ0) is 14.5. The van der Waals surface area contributed by atoms with Crippen molar-refractivity contribution in [2.24, 2.45) is 5.73 Å². The smallest absolute Gasteiger partial charge is 0.213 e. The molecule has 0 aliphatic rings. The van der Waals surface area contributed by atoms with Gasteiger partial charge in [-0.15, -0.1) is 0 Å². The number of hydrogen-bond acceptors (Lipinski definition) is 4. The third-order valence-corrected chi connectivity index (χ3v) is 2.84. The number of halogens is 1. The fraction of sp³-hybridized carbons (Fsp3) is 0.267. The quantitative estimate of drug-likeness (QED) is 0.912. The summed E-state index contributed by atoms with van der Waals surface area (Å²) in [7, 11) is 1.55. The molecule has 0 aliphatic heterocycles. The van der Waals surface area contributed by atoms with Crippen LogP contribution in [-0.2, 0) is 6.61 Å². The second kappa shape index (κ2) is 6.34. The standard InChI is InChI=1S/C15H17FN2O2/c1-10(17)13-7-6-12(8-14(13)16)20-9-11-4-3-5-15(18-11)19-2/h3-8,10H,9,17H2,1-2H3/t10-/m1/s1. The lowest BCUT2D eigenvalue weighted by atomic mass is 10.1. The molecule has 2 N–H and O–H groups in total. The maximum absolute atomic E-state index is 13.7. The number of rotatable bonds is 5. The van der Waals surface area contributed by atoms with E-state index in [-0.39, 0.29) is 18.5 Å². The lowest BCUT2D eigenvalue weighted by molar-refractivity contribution is 0.296. The first-order chi connectivity index (χ1) is 9.60. The van der Waals surface area contributed by atoms with E-state index in [0.717, 1.165) is 0 Å². The van der Waals surface area contributed by atoms with Crippen molar-refractivity contribution in [2.75, 3.05) is 7.11 Å². The number of benzene rings is 1. The van der Waals surface area contributed by atoms with E-state index >= 15 is 0 Å². The van der Waals surface area contributed by atoms with Crippen molar-refractivity contribution in [3.8, 4) is 11.6 Å². The van der Waals surface area contributed by atoms with Crippen LogP contribution < -0.4 is 15.2 Å². The van der Waals surface area contributed by atoms with Crippen LogP contribution in [-0.4, -0.2) is 12.1 Å². The van der Waals surface area contributed by atoms with Gasteiger partial charge in [0.2, 0.25) is 5.88 Å². The highest BCUT2D eigenvalue weighted by Gasteiger charge is 2.08. The fourth-order valence-electron chi connectivity index (χ4n) is 1.78. The fourth-order valence-corrected chi connectivity index (χ4v) is 1.78. The average molecular weight is 276 g/mol. The molecular formula is C15H17FN2O2. The van der Waals surface area contributed by atoms with Gasteiger partial charge in [0, 0.05) is 23.7 Å². The number of ether oxygens (including phenoxy) is 2. The number of pyridine rings is 1. The normalized spacial score (nSPS) is 12.0. The molecule has 0 bridgehead atoms. The summed E-state index contributed by atoms with van der Waals surface area (Å²) in [6.07, 6.45) is 0. The third-order valence-electron chi connectivity index (χ3n) is 2.84. The van der Waals surface area contributed by atoms with Gasteiger partial charge >= 0.3 is 0 Å². The molecule has 0 saturated carbocycles. The van der Waals surface area contributed by atoms with Crippen molar-refractivity contribution in [3.05, 3.63) is 53.5 Å². The zero-order valence-corrected chi connectivity index (χ0v) is 11.5. The van der Waals surface area contributed by atoms with Crippen LogP contribution in [0, 0.1) is 5.82 Å². The van der Waals surface area contributed by atoms with Gasteiger partial charge in [0.1, 0.15) is 18.2 Å². The van der Waals surface area contributed by atoms with Crippen molar-refractivity contribution in [1.82, 2.24) is 4.98 Å². The molecule has 0 spiro atoms. The summed E-state index contributed by atoms with van der Waals surface area (Å²) in [6, 6.07) is 9.71. The number of nitrogens with zero attached hydrogens (tertiary/aromatic N) is 1. The Bertz CT molecular complexity index is 588. The van der Waals surface area contributed by atoms with Gasteiger partial charge in [-0.2, -0.15) is 0 Å². The van der Waals surface area contributed by atoms with Crippen LogP contribution in [0.15, 0.2) is 36.4 Å². The van der Waals surface area contributed by atoms with Gasteiger partial charge in [-0.25, -0.2) is 9.37 Å². The molecule has 1 heterocycles. The molecule has 1 aromatic carbocycles. The first-order valence-electron chi connectivity index (χ1n) is 6.28.